The molecule has 6 saturated heterocycles. The highest BCUT2D eigenvalue weighted by molar-refractivity contribution is 5.76. The largest absolute Gasteiger partial charge is 0.446 e. The zero-order valence-corrected chi connectivity index (χ0v) is 70.8. The van der Waals surface area contributed by atoms with E-state index in [0.29, 0.717) is 75.2 Å². The van der Waals surface area contributed by atoms with Crippen molar-refractivity contribution in [3.8, 4) is 0 Å². The van der Waals surface area contributed by atoms with Gasteiger partial charge in [0.05, 0.1) is 33.0 Å². The number of benzene rings is 1. The molecule has 19 N–H and O–H groups in total. The van der Waals surface area contributed by atoms with Crippen molar-refractivity contribution >= 4 is 23.4 Å². The highest BCUT2D eigenvalue weighted by Crippen LogP contribution is 2.67. The van der Waals surface area contributed by atoms with Crippen LogP contribution in [0.1, 0.15) is 175 Å². The van der Waals surface area contributed by atoms with Crippen LogP contribution in [0.5, 0.6) is 0 Å². The van der Waals surface area contributed by atoms with Crippen LogP contribution in [0.2, 0.25) is 0 Å². The molecule has 692 valence electrons. The first-order chi connectivity index (χ1) is 58.6. The molecular formula is C86H137N5O31. The summed E-state index contributed by atoms with van der Waals surface area (Å²) in [6.07, 6.45) is -23.3. The van der Waals surface area contributed by atoms with E-state index < -0.39 is 204 Å². The Morgan fingerprint density at radius 2 is 1.08 bits per heavy atom. The molecule has 122 heavy (non-hydrogen) atoms. The minimum absolute atomic E-state index is 0.0339. The van der Waals surface area contributed by atoms with Crippen molar-refractivity contribution in [1.82, 2.24) is 16.0 Å². The molecule has 36 nitrogen and oxygen atoms in total. The van der Waals surface area contributed by atoms with Crippen molar-refractivity contribution in [2.24, 2.45) is 46.3 Å². The second-order valence-corrected chi connectivity index (χ2v) is 36.2. The van der Waals surface area contributed by atoms with Crippen LogP contribution in [0.25, 0.3) is 0 Å². The van der Waals surface area contributed by atoms with E-state index in [1.54, 1.807) is 30.3 Å². The van der Waals surface area contributed by atoms with Crippen molar-refractivity contribution < 1.29 is 143 Å². The molecule has 2 aromatic carbocycles. The second kappa shape index (κ2) is 44.5. The number of hydrogen-bond donors (Lipinski definition) is 19. The first kappa shape index (κ1) is 96.4. The minimum atomic E-state index is -2.01. The first-order valence-electron chi connectivity index (χ1n) is 44.6. The lowest BCUT2D eigenvalue weighted by Crippen LogP contribution is -2.69. The fraction of sp³-hybridized carbons (Fsp3) is 0.837. The van der Waals surface area contributed by atoms with Crippen LogP contribution in [0, 0.1) is 46.3 Å². The average molecular weight is 1740 g/mol. The molecule has 4 aliphatic carbocycles. The summed E-state index contributed by atoms with van der Waals surface area (Å²) >= 11 is 0. The molecule has 2 amide bonds. The lowest BCUT2D eigenvalue weighted by atomic mass is 9.47. The predicted molar refractivity (Wildman–Crippen MR) is 434 cm³/mol. The molecule has 10 aliphatic rings. The van der Waals surface area contributed by atoms with Gasteiger partial charge in [-0.05, 0) is 124 Å². The molecule has 2 bridgehead atoms. The van der Waals surface area contributed by atoms with E-state index in [1.807, 2.05) is 0 Å². The summed E-state index contributed by atoms with van der Waals surface area (Å²) in [4.78, 5) is 51.1. The minimum Gasteiger partial charge on any atom is -0.446 e. The Morgan fingerprint density at radius 3 is 1.75 bits per heavy atom. The Balaban J connectivity index is 0.567. The quantitative estimate of drug-likeness (QED) is 0.0242. The number of unbranched alkanes of at least 4 members (excludes halogenated alkanes) is 6. The zero-order valence-electron chi connectivity index (χ0n) is 70.8. The average Bonchev–Trinajstić information content (AvgIpc) is 1.49. The molecule has 0 aromatic heterocycles. The van der Waals surface area contributed by atoms with Gasteiger partial charge < -0.3 is 160 Å². The molecular weight excluding hydrogens is 1600 g/mol. The molecule has 34 atom stereocenters. The first-order valence-corrected chi connectivity index (χ1v) is 44.6. The number of fused-ring (bicyclic) bond motifs is 7. The van der Waals surface area contributed by atoms with E-state index in [9.17, 15) is 90.7 Å². The van der Waals surface area contributed by atoms with Gasteiger partial charge in [0.1, 0.15) is 140 Å². The maximum Gasteiger partial charge on any atom is 0.407 e. The number of anilines is 2. The van der Waals surface area contributed by atoms with Gasteiger partial charge in [0, 0.05) is 57.7 Å². The van der Waals surface area contributed by atoms with Gasteiger partial charge in [-0.2, -0.15) is 0 Å². The Bertz CT molecular complexity index is 3660. The third-order valence-electron chi connectivity index (χ3n) is 27.8. The summed E-state index contributed by atoms with van der Waals surface area (Å²) in [6, 6.07) is 8.63. The third-order valence-corrected chi connectivity index (χ3v) is 27.8. The van der Waals surface area contributed by atoms with Gasteiger partial charge in [0.25, 0.3) is 10.9 Å². The number of amides is 2. The van der Waals surface area contributed by atoms with Crippen LogP contribution >= 0.6 is 0 Å². The molecule has 3 saturated carbocycles. The number of nitrogens with one attached hydrogen (secondary N) is 5. The van der Waals surface area contributed by atoms with Gasteiger partial charge in [-0.3, -0.25) is 14.4 Å². The number of allylic oxidation sites excluding steroid dienone is 1. The topological polar surface area (TPSA) is 532 Å². The fourth-order valence-electron chi connectivity index (χ4n) is 20.8. The van der Waals surface area contributed by atoms with E-state index in [4.69, 9.17) is 61.6 Å². The standard InChI is InChI=1S/C86H137N5O31/c1-44(2)18-17-19-45(3)50-25-26-51-49-24-23-47-38-48(27-29-85(47,4)52(49)28-30-86(50,51)5)112-84(109)91-34-33-87-31-14-15-32-89-59-60(66(102)65(59)101)90-36-35-88-58(96)22-13-8-6-7-9-16-37-110-82-77-76(121-83-75(69(105)63(99)55(41-94)116-83)120-81-71(107)68(104)62(98)54(40-93)115-81)73(118-78(122-77)46-20-11-10-12-21-46)57(117-82)43-111-79-72(108)74(64(100)56(42-95)113-79)119-80-70(106)67(103)61(97)53(39-92)114-80/h10-12,20-21,23,44-45,48-57,61-64,67-83,87,89-90,92-95,97-100,103-108H,6-9,13-19,22,24-43H2,1-5H3,(H,88,96)(H,91,109)/t45-,48+,49+,50-,51+,52+,53-,54-,55-,56-,57-,61-,62-,63-,64-,67+,68+,69+,70+,71+,72+,73-,74+,75+,76+,77+,78?,79+,80-,81-,82-,83-,85+,86-/m1/s1. The van der Waals surface area contributed by atoms with Gasteiger partial charge in [-0.15, -0.1) is 0 Å². The summed E-state index contributed by atoms with van der Waals surface area (Å²) in [5.74, 6) is 4.47. The summed E-state index contributed by atoms with van der Waals surface area (Å²) in [5, 5.41) is 166. The molecule has 12 rings (SSSR count). The van der Waals surface area contributed by atoms with Crippen molar-refractivity contribution in [2.75, 3.05) is 89.5 Å². The lowest BCUT2D eigenvalue weighted by Gasteiger charge is -2.58. The van der Waals surface area contributed by atoms with E-state index in [1.165, 1.54) is 50.5 Å². The van der Waals surface area contributed by atoms with E-state index in [2.05, 4.69) is 67.3 Å². The van der Waals surface area contributed by atoms with Crippen molar-refractivity contribution in [2.45, 2.75) is 329 Å². The number of carbonyl (C=O) groups is 2. The summed E-state index contributed by atoms with van der Waals surface area (Å²) in [5.41, 5.74) is 1.81. The molecule has 6 heterocycles. The fourth-order valence-corrected chi connectivity index (χ4v) is 20.8. The van der Waals surface area contributed by atoms with Gasteiger partial charge in [-0.1, -0.05) is 122 Å². The van der Waals surface area contributed by atoms with Gasteiger partial charge in [-0.25, -0.2) is 4.79 Å². The van der Waals surface area contributed by atoms with Gasteiger partial charge >= 0.3 is 6.09 Å². The molecule has 36 heteroatoms. The van der Waals surface area contributed by atoms with Crippen molar-refractivity contribution in [3.63, 3.8) is 0 Å². The zero-order chi connectivity index (χ0) is 87.3. The number of aliphatic hydroxyl groups is 14. The van der Waals surface area contributed by atoms with Crippen molar-refractivity contribution in [1.29, 1.82) is 0 Å². The number of alkyl carbamates (subject to hydrolysis) is 1. The van der Waals surface area contributed by atoms with E-state index in [-0.39, 0.29) is 61.0 Å². The van der Waals surface area contributed by atoms with Gasteiger partial charge in [0.2, 0.25) is 5.91 Å². The van der Waals surface area contributed by atoms with Crippen molar-refractivity contribution in [3.05, 3.63) is 68.0 Å². The van der Waals surface area contributed by atoms with E-state index in [0.717, 1.165) is 74.5 Å². The van der Waals surface area contributed by atoms with Crippen LogP contribution in [-0.2, 0) is 66.4 Å². The molecule has 0 radical (unpaired) electrons. The molecule has 6 aliphatic heterocycles. The number of carbonyl (C=O) groups excluding carboxylic acids is 2. The Kier molecular flexibility index (Phi) is 35.2. The third kappa shape index (κ3) is 22.4. The lowest BCUT2D eigenvalue weighted by molar-refractivity contribution is -0.432. The van der Waals surface area contributed by atoms with Crippen LogP contribution < -0.4 is 37.4 Å². The van der Waals surface area contributed by atoms with Gasteiger partial charge in [0.15, 0.2) is 37.7 Å². The number of hydrogen-bond acceptors (Lipinski definition) is 34. The van der Waals surface area contributed by atoms with Crippen LogP contribution in [0.3, 0.4) is 0 Å². The SMILES string of the molecule is CC(C)CCC[C@@H](C)[C@H]1CC[C@H]2[C@@H]3CC=C4C[C@@H](OC(=O)NCCNCCCCNc5c(NCCNC(=O)CCCCCCCCO[C@@H]6O[C@H](CO[C@H]7O[C@H](CO)[C@@H](O)[C@H](O[C@H]8O[C@H](CO)[C@@H](O)[C@H](O)[C@@H]8O)[C@@H]7O)[C@H]7OC(c8ccccc8)O[C@H]6[C@H]7O[C@H]6O[C@H](CO)[C@@H](O)[C@H](O)[C@@H]6O[C@H]6O[C@H](CO)[C@@H](O)[C@H](O)[C@@H]6O)c(=O)c5=O)CC[C@]4(C)[C@H]3CC[C@]12C. The maximum atomic E-state index is 13.0. The predicted octanol–water partition coefficient (Wildman–Crippen LogP) is 0.334. The monoisotopic (exact) mass is 1740 g/mol. The van der Waals surface area contributed by atoms with Crippen LogP contribution in [0.15, 0.2) is 51.6 Å². The molecule has 9 fully saturated rings. The van der Waals surface area contributed by atoms with E-state index >= 15 is 0 Å². The second-order valence-electron chi connectivity index (χ2n) is 36.2. The maximum absolute atomic E-state index is 13.0. The highest BCUT2D eigenvalue weighted by atomic mass is 16.8. The number of ether oxygens (including phenoxy) is 13. The summed E-state index contributed by atoms with van der Waals surface area (Å²) in [7, 11) is 0. The molecule has 0 spiro atoms. The Morgan fingerprint density at radius 1 is 0.500 bits per heavy atom. The normalized spacial score (nSPS) is 39.8. The van der Waals surface area contributed by atoms with Crippen LogP contribution in [-0.4, -0.2) is 322 Å². The Labute approximate surface area is 711 Å². The molecule has 1 unspecified atom stereocenters. The smallest absolute Gasteiger partial charge is 0.407 e. The number of rotatable bonds is 43. The summed E-state index contributed by atoms with van der Waals surface area (Å²) < 4.78 is 80.1. The molecule has 2 aromatic rings. The highest BCUT2D eigenvalue weighted by Gasteiger charge is 2.62. The summed E-state index contributed by atoms with van der Waals surface area (Å²) in [6.45, 7) is 10.9. The Hall–Kier alpha value is -4.70. The number of aliphatic hydroxyl groups excluding tert-OH is 14. The van der Waals surface area contributed by atoms with Crippen LogP contribution in [0.4, 0.5) is 16.2 Å².